The molecule has 2 aromatic heterocycles. The maximum Gasteiger partial charge on any atom is 0.413 e. The number of nitrogens with one attached hydrogen (secondary N) is 1. The third-order valence-electron chi connectivity index (χ3n) is 4.95. The zero-order chi connectivity index (χ0) is 23.5. The highest BCUT2D eigenvalue weighted by molar-refractivity contribution is 6.09. The Kier molecular flexibility index (Phi) is 7.02. The number of hydrogen-bond acceptors (Lipinski definition) is 7. The van der Waals surface area contributed by atoms with Crippen LogP contribution in [0.4, 0.5) is 10.6 Å². The first-order valence-corrected chi connectivity index (χ1v) is 10.7. The lowest BCUT2D eigenvalue weighted by atomic mass is 10.1. The molecule has 0 spiro atoms. The van der Waals surface area contributed by atoms with Gasteiger partial charge in [0.25, 0.3) is 0 Å². The predicted octanol–water partition coefficient (Wildman–Crippen LogP) is 3.60. The van der Waals surface area contributed by atoms with Crippen LogP contribution in [0.3, 0.4) is 0 Å². The third-order valence-corrected chi connectivity index (χ3v) is 4.95. The van der Waals surface area contributed by atoms with E-state index in [2.05, 4.69) is 10.3 Å². The van der Waals surface area contributed by atoms with Crippen LogP contribution in [-0.4, -0.2) is 55.3 Å². The molecule has 3 rings (SSSR count). The van der Waals surface area contributed by atoms with Gasteiger partial charge in [-0.1, -0.05) is 18.2 Å². The van der Waals surface area contributed by atoms with Crippen LogP contribution in [0.1, 0.15) is 46.9 Å². The normalized spacial score (nSPS) is 12.5. The van der Waals surface area contributed by atoms with Gasteiger partial charge in [-0.25, -0.2) is 14.8 Å². The minimum absolute atomic E-state index is 0.0963. The lowest BCUT2D eigenvalue weighted by Crippen LogP contribution is -2.31. The summed E-state index contributed by atoms with van der Waals surface area (Å²) in [5.74, 6) is 0.884. The number of carbonyl (C=O) groups is 1. The Balaban J connectivity index is 2.15. The summed E-state index contributed by atoms with van der Waals surface area (Å²) in [6, 6.07) is 7.56. The van der Waals surface area contributed by atoms with Crippen molar-refractivity contribution in [3.8, 4) is 0 Å². The van der Waals surface area contributed by atoms with Gasteiger partial charge in [0.15, 0.2) is 5.82 Å². The van der Waals surface area contributed by atoms with Crippen LogP contribution in [0.25, 0.3) is 21.9 Å². The molecule has 2 heterocycles. The second-order valence-electron chi connectivity index (χ2n) is 8.99. The lowest BCUT2D eigenvalue weighted by Gasteiger charge is -2.24. The maximum absolute atomic E-state index is 12.6. The van der Waals surface area contributed by atoms with E-state index in [1.807, 2.05) is 35.8 Å². The average Bonchev–Trinajstić information content (AvgIpc) is 3.03. The largest absolute Gasteiger partial charge is 0.443 e. The van der Waals surface area contributed by atoms with E-state index < -0.39 is 17.3 Å². The smallest absolute Gasteiger partial charge is 0.413 e. The van der Waals surface area contributed by atoms with Crippen LogP contribution >= 0.6 is 0 Å². The summed E-state index contributed by atoms with van der Waals surface area (Å²) < 4.78 is 13.0. The van der Waals surface area contributed by atoms with Gasteiger partial charge in [-0.3, -0.25) is 5.32 Å². The number of anilines is 1. The topological polar surface area (TPSA) is 119 Å². The zero-order valence-electron chi connectivity index (χ0n) is 19.3. The van der Waals surface area contributed by atoms with E-state index in [4.69, 9.17) is 14.5 Å². The van der Waals surface area contributed by atoms with Crippen molar-refractivity contribution in [2.75, 3.05) is 18.5 Å². The lowest BCUT2D eigenvalue weighted by molar-refractivity contribution is 0.0295. The molecular weight excluding hydrogens is 412 g/mol. The predicted molar refractivity (Wildman–Crippen MR) is 123 cm³/mol. The molecule has 0 bridgehead atoms. The quantitative estimate of drug-likeness (QED) is 0.461. The molecule has 0 aliphatic carbocycles. The number of aromatic nitrogens is 3. The molecule has 3 N–H and O–H groups in total. The molecule has 174 valence electrons. The Morgan fingerprint density at radius 1 is 1.19 bits per heavy atom. The van der Waals surface area contributed by atoms with Crippen LogP contribution in [0.15, 0.2) is 24.3 Å². The van der Waals surface area contributed by atoms with Gasteiger partial charge in [-0.2, -0.15) is 0 Å². The highest BCUT2D eigenvalue weighted by Crippen LogP contribution is 2.32. The highest BCUT2D eigenvalue weighted by Gasteiger charge is 2.26. The van der Waals surface area contributed by atoms with Gasteiger partial charge in [-0.15, -0.1) is 0 Å². The molecule has 0 saturated carbocycles. The molecule has 0 aliphatic heterocycles. The summed E-state index contributed by atoms with van der Waals surface area (Å²) in [5.41, 5.74) is 0.0661. The number of ether oxygens (including phenoxy) is 2. The zero-order valence-corrected chi connectivity index (χ0v) is 19.3. The van der Waals surface area contributed by atoms with E-state index in [-0.39, 0.29) is 25.6 Å². The molecule has 32 heavy (non-hydrogen) atoms. The summed E-state index contributed by atoms with van der Waals surface area (Å²) in [5, 5.41) is 23.3. The first-order valence-electron chi connectivity index (χ1n) is 10.7. The number of imidazole rings is 1. The highest BCUT2D eigenvalue weighted by atomic mass is 16.6. The minimum Gasteiger partial charge on any atom is -0.443 e. The number of fused-ring (bicyclic) bond motifs is 3. The van der Waals surface area contributed by atoms with Crippen LogP contribution in [-0.2, 0) is 22.6 Å². The Morgan fingerprint density at radius 2 is 1.91 bits per heavy atom. The number of aliphatic hydroxyl groups excluding tert-OH is 1. The second kappa shape index (κ2) is 9.40. The molecule has 9 heteroatoms. The van der Waals surface area contributed by atoms with E-state index in [9.17, 15) is 15.0 Å². The van der Waals surface area contributed by atoms with E-state index >= 15 is 0 Å². The molecule has 0 saturated heterocycles. The molecule has 9 nitrogen and oxygen atoms in total. The van der Waals surface area contributed by atoms with Crippen LogP contribution in [0, 0.1) is 0 Å². The van der Waals surface area contributed by atoms with Gasteiger partial charge in [-0.05, 0) is 40.7 Å². The SMILES string of the molecule is CCOCc1nc2c(NC(=O)OC(C)(C)CCO)nc3ccccc3c2n1CC(C)(C)O. The van der Waals surface area contributed by atoms with Gasteiger partial charge < -0.3 is 24.3 Å². The number of para-hydroxylation sites is 1. The molecule has 0 aliphatic rings. The first kappa shape index (κ1) is 23.9. The van der Waals surface area contributed by atoms with Crippen molar-refractivity contribution in [1.82, 2.24) is 14.5 Å². The fourth-order valence-corrected chi connectivity index (χ4v) is 3.52. The summed E-state index contributed by atoms with van der Waals surface area (Å²) in [6.07, 6.45) is -0.379. The Labute approximate surface area is 187 Å². The molecule has 1 amide bonds. The first-order chi connectivity index (χ1) is 15.0. The van der Waals surface area contributed by atoms with Gasteiger partial charge >= 0.3 is 6.09 Å². The maximum atomic E-state index is 12.6. The van der Waals surface area contributed by atoms with Crippen molar-refractivity contribution in [3.63, 3.8) is 0 Å². The van der Waals surface area contributed by atoms with Crippen molar-refractivity contribution in [3.05, 3.63) is 30.1 Å². The van der Waals surface area contributed by atoms with Crippen molar-refractivity contribution >= 4 is 33.8 Å². The van der Waals surface area contributed by atoms with Gasteiger partial charge in [0.2, 0.25) is 0 Å². The number of benzene rings is 1. The number of hydrogen-bond donors (Lipinski definition) is 3. The monoisotopic (exact) mass is 444 g/mol. The van der Waals surface area contributed by atoms with E-state index in [1.54, 1.807) is 27.7 Å². The van der Waals surface area contributed by atoms with E-state index in [0.717, 1.165) is 10.9 Å². The second-order valence-corrected chi connectivity index (χ2v) is 8.99. The molecule has 0 atom stereocenters. The molecule has 0 fully saturated rings. The summed E-state index contributed by atoms with van der Waals surface area (Å²) in [4.78, 5) is 22.0. The van der Waals surface area contributed by atoms with Gasteiger partial charge in [0, 0.05) is 25.0 Å². The van der Waals surface area contributed by atoms with Gasteiger partial charge in [0.05, 0.1) is 23.2 Å². The summed E-state index contributed by atoms with van der Waals surface area (Å²) in [7, 11) is 0. The number of aliphatic hydroxyl groups is 2. The summed E-state index contributed by atoms with van der Waals surface area (Å²) >= 11 is 0. The minimum atomic E-state index is -1.00. The van der Waals surface area contributed by atoms with Crippen molar-refractivity contribution in [2.45, 2.75) is 65.4 Å². The number of pyridine rings is 1. The Hall–Kier alpha value is -2.75. The van der Waals surface area contributed by atoms with Crippen LogP contribution in [0.2, 0.25) is 0 Å². The standard InChI is InChI=1S/C23H32N4O5/c1-6-31-13-17-25-18-19(27(17)14-22(2,3)30)15-9-7-8-10-16(15)24-20(18)26-21(29)32-23(4,5)11-12-28/h7-10,28,30H,6,11-14H2,1-5H3,(H,24,26,29). The number of rotatable bonds is 9. The number of carbonyl (C=O) groups excluding carboxylic acids is 1. The van der Waals surface area contributed by atoms with E-state index in [1.165, 1.54) is 0 Å². The Morgan fingerprint density at radius 3 is 2.56 bits per heavy atom. The molecule has 0 radical (unpaired) electrons. The molecular formula is C23H32N4O5. The van der Waals surface area contributed by atoms with Crippen LogP contribution < -0.4 is 5.32 Å². The van der Waals surface area contributed by atoms with Crippen LogP contribution in [0.5, 0.6) is 0 Å². The number of nitrogens with zero attached hydrogens (tertiary/aromatic N) is 3. The van der Waals surface area contributed by atoms with Gasteiger partial charge in [0.1, 0.15) is 23.5 Å². The fourth-order valence-electron chi connectivity index (χ4n) is 3.52. The fraction of sp³-hybridized carbons (Fsp3) is 0.522. The van der Waals surface area contributed by atoms with Crippen molar-refractivity contribution < 1.29 is 24.5 Å². The average molecular weight is 445 g/mol. The summed E-state index contributed by atoms with van der Waals surface area (Å²) in [6.45, 7) is 9.77. The molecule has 1 aromatic carbocycles. The van der Waals surface area contributed by atoms with Crippen molar-refractivity contribution in [2.24, 2.45) is 0 Å². The Bertz CT molecular complexity index is 1100. The molecule has 3 aromatic rings. The van der Waals surface area contributed by atoms with Crippen molar-refractivity contribution in [1.29, 1.82) is 0 Å². The van der Waals surface area contributed by atoms with E-state index in [0.29, 0.717) is 29.9 Å². The molecule has 0 unspecified atom stereocenters. The number of amides is 1. The third kappa shape index (κ3) is 5.53.